The number of hydrogen-bond acceptors (Lipinski definition) is 6. The molecule has 23 heavy (non-hydrogen) atoms. The summed E-state index contributed by atoms with van der Waals surface area (Å²) in [6, 6.07) is 5.82. The fourth-order valence-electron chi connectivity index (χ4n) is 2.56. The van der Waals surface area contributed by atoms with Crippen molar-refractivity contribution in [2.75, 3.05) is 20.3 Å². The Morgan fingerprint density at radius 2 is 2.30 bits per heavy atom. The van der Waals surface area contributed by atoms with Crippen molar-refractivity contribution in [3.8, 4) is 11.5 Å². The van der Waals surface area contributed by atoms with Crippen LogP contribution in [0.3, 0.4) is 0 Å². The number of aryl methyl sites for hydroxylation is 1. The summed E-state index contributed by atoms with van der Waals surface area (Å²) in [5.41, 5.74) is 2.34. The molecule has 7 heteroatoms. The summed E-state index contributed by atoms with van der Waals surface area (Å²) < 4.78 is 15.5. The van der Waals surface area contributed by atoms with Crippen LogP contribution < -0.4 is 14.8 Å². The summed E-state index contributed by atoms with van der Waals surface area (Å²) in [4.78, 5) is 12.0. The summed E-state index contributed by atoms with van der Waals surface area (Å²) >= 11 is 0. The second kappa shape index (κ2) is 6.68. The van der Waals surface area contributed by atoms with Crippen molar-refractivity contribution < 1.29 is 18.9 Å². The highest BCUT2D eigenvalue weighted by molar-refractivity contribution is 5.78. The monoisotopic (exact) mass is 317 g/mol. The number of amides is 1. The number of carbonyl (C=O) groups is 1. The number of ether oxygens (including phenoxy) is 2. The second-order valence-corrected chi connectivity index (χ2v) is 5.63. The van der Waals surface area contributed by atoms with Crippen LogP contribution in [0.25, 0.3) is 0 Å². The molecule has 7 nitrogen and oxygen atoms in total. The Morgan fingerprint density at radius 3 is 3.04 bits per heavy atom. The van der Waals surface area contributed by atoms with Crippen molar-refractivity contribution in [2.45, 2.75) is 19.8 Å². The molecule has 2 heterocycles. The number of benzene rings is 1. The third-order valence-electron chi connectivity index (χ3n) is 3.92. The van der Waals surface area contributed by atoms with Gasteiger partial charge in [0.25, 0.3) is 0 Å². The van der Waals surface area contributed by atoms with Gasteiger partial charge in [0.1, 0.15) is 22.9 Å². The molecule has 1 aliphatic rings. The van der Waals surface area contributed by atoms with Gasteiger partial charge in [0.15, 0.2) is 0 Å². The topological polar surface area (TPSA) is 86.5 Å². The van der Waals surface area contributed by atoms with E-state index in [0.29, 0.717) is 24.5 Å². The molecule has 0 unspecified atom stereocenters. The molecule has 1 atom stereocenters. The van der Waals surface area contributed by atoms with Crippen molar-refractivity contribution in [3.63, 3.8) is 0 Å². The fourth-order valence-corrected chi connectivity index (χ4v) is 2.56. The summed E-state index contributed by atoms with van der Waals surface area (Å²) in [6.45, 7) is 2.90. The van der Waals surface area contributed by atoms with Crippen LogP contribution in [0.4, 0.5) is 0 Å². The van der Waals surface area contributed by atoms with E-state index >= 15 is 0 Å². The van der Waals surface area contributed by atoms with Gasteiger partial charge in [-0.15, -0.1) is 0 Å². The highest BCUT2D eigenvalue weighted by Crippen LogP contribution is 2.30. The molecule has 1 aromatic carbocycles. The first-order valence-electron chi connectivity index (χ1n) is 7.50. The van der Waals surface area contributed by atoms with Crippen LogP contribution in [0.15, 0.2) is 22.8 Å². The SMILES string of the molecule is COc1ccc2c(c1)OC[C@H](CNC(=O)Cc1nonc1C)C2. The minimum atomic E-state index is -0.0932. The normalized spacial score (nSPS) is 16.3. The molecule has 0 saturated carbocycles. The molecule has 0 aliphatic carbocycles. The lowest BCUT2D eigenvalue weighted by Crippen LogP contribution is -2.35. The molecule has 0 bridgehead atoms. The average molecular weight is 317 g/mol. The molecule has 2 aromatic rings. The summed E-state index contributed by atoms with van der Waals surface area (Å²) in [5, 5.41) is 10.3. The van der Waals surface area contributed by atoms with Crippen LogP contribution in [0.5, 0.6) is 11.5 Å². The van der Waals surface area contributed by atoms with Crippen molar-refractivity contribution in [1.82, 2.24) is 15.6 Å². The molecule has 0 fully saturated rings. The summed E-state index contributed by atoms with van der Waals surface area (Å²) in [7, 11) is 1.63. The van der Waals surface area contributed by atoms with Gasteiger partial charge in [-0.3, -0.25) is 4.79 Å². The van der Waals surface area contributed by atoms with E-state index in [1.807, 2.05) is 18.2 Å². The van der Waals surface area contributed by atoms with Crippen LogP contribution in [0.2, 0.25) is 0 Å². The van der Waals surface area contributed by atoms with E-state index in [0.717, 1.165) is 23.5 Å². The third-order valence-corrected chi connectivity index (χ3v) is 3.92. The largest absolute Gasteiger partial charge is 0.497 e. The Morgan fingerprint density at radius 1 is 1.43 bits per heavy atom. The highest BCUT2D eigenvalue weighted by Gasteiger charge is 2.21. The number of aromatic nitrogens is 2. The maximum Gasteiger partial charge on any atom is 0.226 e. The summed E-state index contributed by atoms with van der Waals surface area (Å²) in [6.07, 6.45) is 1.04. The van der Waals surface area contributed by atoms with Gasteiger partial charge in [-0.2, -0.15) is 0 Å². The number of methoxy groups -OCH3 is 1. The minimum absolute atomic E-state index is 0.0932. The number of nitrogens with one attached hydrogen (secondary N) is 1. The number of fused-ring (bicyclic) bond motifs is 1. The van der Waals surface area contributed by atoms with E-state index in [4.69, 9.17) is 9.47 Å². The maximum atomic E-state index is 12.0. The molecule has 1 aliphatic heterocycles. The predicted octanol–water partition coefficient (Wildman–Crippen LogP) is 1.30. The zero-order chi connectivity index (χ0) is 16.2. The molecule has 3 rings (SSSR count). The van der Waals surface area contributed by atoms with E-state index in [1.165, 1.54) is 0 Å². The van der Waals surface area contributed by atoms with Gasteiger partial charge in [0.05, 0.1) is 20.1 Å². The number of hydrogen-bond donors (Lipinski definition) is 1. The molecule has 0 radical (unpaired) electrons. The van der Waals surface area contributed by atoms with Crippen LogP contribution in [-0.4, -0.2) is 36.5 Å². The van der Waals surface area contributed by atoms with Crippen molar-refractivity contribution in [1.29, 1.82) is 0 Å². The molecule has 1 amide bonds. The zero-order valence-corrected chi connectivity index (χ0v) is 13.2. The van der Waals surface area contributed by atoms with Gasteiger partial charge in [-0.05, 0) is 25.0 Å². The van der Waals surface area contributed by atoms with E-state index in [2.05, 4.69) is 20.3 Å². The standard InChI is InChI=1S/C16H19N3O4/c1-10-14(19-23-18-10)7-16(20)17-8-11-5-12-3-4-13(21-2)6-15(12)22-9-11/h3-4,6,11H,5,7-9H2,1-2H3,(H,17,20)/t11-/m0/s1. The molecular formula is C16H19N3O4. The van der Waals surface area contributed by atoms with Crippen molar-refractivity contribution >= 4 is 5.91 Å². The Balaban J connectivity index is 1.51. The molecular weight excluding hydrogens is 298 g/mol. The number of nitrogens with zero attached hydrogens (tertiary/aromatic N) is 2. The fraction of sp³-hybridized carbons (Fsp3) is 0.438. The predicted molar refractivity (Wildman–Crippen MR) is 81.4 cm³/mol. The molecule has 0 spiro atoms. The van der Waals surface area contributed by atoms with Crippen LogP contribution in [-0.2, 0) is 17.6 Å². The van der Waals surface area contributed by atoms with Gasteiger partial charge in [-0.1, -0.05) is 16.4 Å². The van der Waals surface area contributed by atoms with Crippen molar-refractivity contribution in [2.24, 2.45) is 5.92 Å². The van der Waals surface area contributed by atoms with Crippen LogP contribution in [0.1, 0.15) is 17.0 Å². The lowest BCUT2D eigenvalue weighted by atomic mass is 9.96. The molecule has 122 valence electrons. The van der Waals surface area contributed by atoms with Crippen LogP contribution in [0, 0.1) is 12.8 Å². The lowest BCUT2D eigenvalue weighted by Gasteiger charge is -2.25. The van der Waals surface area contributed by atoms with Gasteiger partial charge < -0.3 is 14.8 Å². The van der Waals surface area contributed by atoms with Crippen LogP contribution >= 0.6 is 0 Å². The molecule has 0 saturated heterocycles. The first-order valence-corrected chi connectivity index (χ1v) is 7.50. The zero-order valence-electron chi connectivity index (χ0n) is 13.2. The lowest BCUT2D eigenvalue weighted by molar-refractivity contribution is -0.120. The Kier molecular flexibility index (Phi) is 4.45. The number of rotatable bonds is 5. The first kappa shape index (κ1) is 15.3. The van der Waals surface area contributed by atoms with E-state index in [9.17, 15) is 4.79 Å². The van der Waals surface area contributed by atoms with Crippen molar-refractivity contribution in [3.05, 3.63) is 35.2 Å². The quantitative estimate of drug-likeness (QED) is 0.894. The Bertz CT molecular complexity index is 698. The van der Waals surface area contributed by atoms with Gasteiger partial charge in [-0.25, -0.2) is 4.63 Å². The van der Waals surface area contributed by atoms with E-state index in [1.54, 1.807) is 14.0 Å². The average Bonchev–Trinajstić information content (AvgIpc) is 2.97. The highest BCUT2D eigenvalue weighted by atomic mass is 16.6. The Hall–Kier alpha value is -2.57. The third kappa shape index (κ3) is 3.61. The second-order valence-electron chi connectivity index (χ2n) is 5.63. The summed E-state index contributed by atoms with van der Waals surface area (Å²) in [5.74, 6) is 1.80. The maximum absolute atomic E-state index is 12.0. The van der Waals surface area contributed by atoms with E-state index in [-0.39, 0.29) is 18.2 Å². The van der Waals surface area contributed by atoms with Gasteiger partial charge >= 0.3 is 0 Å². The Labute approximate surface area is 133 Å². The van der Waals surface area contributed by atoms with E-state index < -0.39 is 0 Å². The minimum Gasteiger partial charge on any atom is -0.497 e. The molecule has 1 N–H and O–H groups in total. The molecule has 1 aromatic heterocycles. The smallest absolute Gasteiger partial charge is 0.226 e. The number of carbonyl (C=O) groups excluding carboxylic acids is 1. The van der Waals surface area contributed by atoms with Gasteiger partial charge in [0, 0.05) is 18.5 Å². The first-order chi connectivity index (χ1) is 11.2. The van der Waals surface area contributed by atoms with Gasteiger partial charge in [0.2, 0.25) is 5.91 Å².